The molecule has 8 nitrogen and oxygen atoms in total. The van der Waals surface area contributed by atoms with Crippen LogP contribution in [0.4, 0.5) is 10.5 Å². The third-order valence-electron chi connectivity index (χ3n) is 7.36. The lowest BCUT2D eigenvalue weighted by atomic mass is 10.1. The zero-order chi connectivity index (χ0) is 32.0. The van der Waals surface area contributed by atoms with Gasteiger partial charge in [-0.2, -0.15) is 0 Å². The standard InChI is InChI=1S/C37H29ClN2O6/c1-2-44-34-21-25(12-19-33(34)46-23-27-8-5-7-26-6-3-4-9-31(26)27)20-32-35(41)39-37(43)40(36(32)42)29-15-17-30(18-16-29)45-22-24-10-13-28(38)14-11-24/h3-21H,2,22-23H2,1H3,(H,39,41,43)/b32-20+. The number of amides is 4. The van der Waals surface area contributed by atoms with Crippen LogP contribution in [0.2, 0.25) is 5.02 Å². The molecule has 1 aliphatic rings. The molecule has 4 amide bonds. The van der Waals surface area contributed by atoms with Crippen molar-refractivity contribution in [3.8, 4) is 17.2 Å². The number of carbonyl (C=O) groups is 3. The summed E-state index contributed by atoms with van der Waals surface area (Å²) in [6.45, 7) is 2.88. The highest BCUT2D eigenvalue weighted by Gasteiger charge is 2.36. The number of hydrogen-bond donors (Lipinski definition) is 1. The van der Waals surface area contributed by atoms with Gasteiger partial charge in [0.2, 0.25) is 0 Å². The largest absolute Gasteiger partial charge is 0.490 e. The van der Waals surface area contributed by atoms with Crippen molar-refractivity contribution in [2.75, 3.05) is 11.5 Å². The minimum atomic E-state index is -0.839. The molecule has 230 valence electrons. The van der Waals surface area contributed by atoms with Crippen LogP contribution < -0.4 is 24.4 Å². The molecule has 0 aliphatic carbocycles. The number of imide groups is 2. The number of halogens is 1. The molecule has 0 atom stereocenters. The number of benzene rings is 5. The monoisotopic (exact) mass is 632 g/mol. The van der Waals surface area contributed by atoms with E-state index in [2.05, 4.69) is 23.5 Å². The molecular weight excluding hydrogens is 604 g/mol. The molecule has 0 spiro atoms. The summed E-state index contributed by atoms with van der Waals surface area (Å²) in [6.07, 6.45) is 1.43. The Morgan fingerprint density at radius 2 is 1.52 bits per heavy atom. The second-order valence-electron chi connectivity index (χ2n) is 10.4. The molecule has 0 aromatic heterocycles. The normalized spacial score (nSPS) is 14.0. The highest BCUT2D eigenvalue weighted by Crippen LogP contribution is 2.32. The van der Waals surface area contributed by atoms with Crippen molar-refractivity contribution in [1.82, 2.24) is 5.32 Å². The van der Waals surface area contributed by atoms with Gasteiger partial charge in [-0.3, -0.25) is 14.9 Å². The molecule has 5 aromatic rings. The van der Waals surface area contributed by atoms with Gasteiger partial charge in [0.25, 0.3) is 11.8 Å². The number of nitrogens with one attached hydrogen (secondary N) is 1. The summed E-state index contributed by atoms with van der Waals surface area (Å²) in [7, 11) is 0. The van der Waals surface area contributed by atoms with Crippen molar-refractivity contribution in [1.29, 1.82) is 0 Å². The Balaban J connectivity index is 1.19. The van der Waals surface area contributed by atoms with Crippen LogP contribution in [0.1, 0.15) is 23.6 Å². The van der Waals surface area contributed by atoms with Crippen molar-refractivity contribution < 1.29 is 28.6 Å². The molecule has 6 rings (SSSR count). The Labute approximate surface area is 270 Å². The lowest BCUT2D eigenvalue weighted by molar-refractivity contribution is -0.122. The molecule has 1 fully saturated rings. The van der Waals surface area contributed by atoms with Crippen molar-refractivity contribution in [2.45, 2.75) is 20.1 Å². The SMILES string of the molecule is CCOc1cc(/C=C2\C(=O)NC(=O)N(c3ccc(OCc4ccc(Cl)cc4)cc3)C2=O)ccc1OCc1cccc2ccccc12. The number of ether oxygens (including phenoxy) is 3. The average molecular weight is 633 g/mol. The minimum Gasteiger partial charge on any atom is -0.490 e. The maximum absolute atomic E-state index is 13.5. The van der Waals surface area contributed by atoms with Gasteiger partial charge in [-0.15, -0.1) is 0 Å². The number of anilines is 1. The molecule has 1 N–H and O–H groups in total. The zero-order valence-corrected chi connectivity index (χ0v) is 25.6. The first-order valence-electron chi connectivity index (χ1n) is 14.6. The lowest BCUT2D eigenvalue weighted by Crippen LogP contribution is -2.54. The Morgan fingerprint density at radius 3 is 2.30 bits per heavy atom. The lowest BCUT2D eigenvalue weighted by Gasteiger charge is -2.26. The van der Waals surface area contributed by atoms with Crippen LogP contribution in [0.3, 0.4) is 0 Å². The van der Waals surface area contributed by atoms with E-state index < -0.39 is 17.8 Å². The summed E-state index contributed by atoms with van der Waals surface area (Å²) in [4.78, 5) is 40.0. The smallest absolute Gasteiger partial charge is 0.335 e. The van der Waals surface area contributed by atoms with Crippen LogP contribution in [0.5, 0.6) is 17.2 Å². The van der Waals surface area contributed by atoms with E-state index in [1.807, 2.05) is 43.3 Å². The van der Waals surface area contributed by atoms with Crippen LogP contribution in [0.25, 0.3) is 16.8 Å². The van der Waals surface area contributed by atoms with E-state index in [0.717, 1.165) is 26.8 Å². The van der Waals surface area contributed by atoms with Crippen molar-refractivity contribution >= 4 is 52.0 Å². The fraction of sp³-hybridized carbons (Fsp3) is 0.108. The molecule has 5 aromatic carbocycles. The molecule has 9 heteroatoms. The predicted octanol–water partition coefficient (Wildman–Crippen LogP) is 7.72. The summed E-state index contributed by atoms with van der Waals surface area (Å²) in [6, 6.07) is 32.2. The van der Waals surface area contributed by atoms with Crippen LogP contribution in [0.15, 0.2) is 115 Å². The van der Waals surface area contributed by atoms with Gasteiger partial charge in [0.1, 0.15) is 24.5 Å². The molecule has 0 saturated carbocycles. The van der Waals surface area contributed by atoms with Gasteiger partial charge in [0.05, 0.1) is 12.3 Å². The van der Waals surface area contributed by atoms with Crippen LogP contribution in [0, 0.1) is 0 Å². The summed E-state index contributed by atoms with van der Waals surface area (Å²) in [5, 5.41) is 5.12. The predicted molar refractivity (Wildman–Crippen MR) is 177 cm³/mol. The summed E-state index contributed by atoms with van der Waals surface area (Å²) in [5.74, 6) is -0.0164. The maximum Gasteiger partial charge on any atom is 0.335 e. The zero-order valence-electron chi connectivity index (χ0n) is 24.9. The Morgan fingerprint density at radius 1 is 0.761 bits per heavy atom. The van der Waals surface area contributed by atoms with E-state index in [9.17, 15) is 14.4 Å². The molecule has 46 heavy (non-hydrogen) atoms. The first-order chi connectivity index (χ1) is 22.4. The number of carbonyl (C=O) groups excluding carboxylic acids is 3. The summed E-state index contributed by atoms with van der Waals surface area (Å²) in [5.41, 5.74) is 2.58. The van der Waals surface area contributed by atoms with Crippen LogP contribution in [-0.2, 0) is 22.8 Å². The first-order valence-corrected chi connectivity index (χ1v) is 15.0. The van der Waals surface area contributed by atoms with E-state index in [1.165, 1.54) is 6.08 Å². The number of rotatable bonds is 10. The first kappa shape index (κ1) is 30.4. The number of hydrogen-bond acceptors (Lipinski definition) is 6. The number of nitrogens with zero attached hydrogens (tertiary/aromatic N) is 1. The molecule has 1 heterocycles. The average Bonchev–Trinajstić information content (AvgIpc) is 3.06. The highest BCUT2D eigenvalue weighted by atomic mass is 35.5. The van der Waals surface area contributed by atoms with E-state index in [0.29, 0.717) is 47.7 Å². The third-order valence-corrected chi connectivity index (χ3v) is 7.61. The number of barbiturate groups is 1. The van der Waals surface area contributed by atoms with Gasteiger partial charge in [0, 0.05) is 5.02 Å². The van der Waals surface area contributed by atoms with Crippen molar-refractivity contribution in [3.63, 3.8) is 0 Å². The quantitative estimate of drug-likeness (QED) is 0.125. The molecule has 0 radical (unpaired) electrons. The second kappa shape index (κ2) is 13.6. The van der Waals surface area contributed by atoms with E-state index in [4.69, 9.17) is 25.8 Å². The van der Waals surface area contributed by atoms with Gasteiger partial charge < -0.3 is 14.2 Å². The van der Waals surface area contributed by atoms with Crippen LogP contribution >= 0.6 is 11.6 Å². The molecule has 1 saturated heterocycles. The van der Waals surface area contributed by atoms with Gasteiger partial charge in [-0.25, -0.2) is 9.69 Å². The van der Waals surface area contributed by atoms with Crippen molar-refractivity contribution in [3.05, 3.63) is 136 Å². The fourth-order valence-corrected chi connectivity index (χ4v) is 5.20. The van der Waals surface area contributed by atoms with Gasteiger partial charge in [-0.1, -0.05) is 72.3 Å². The van der Waals surface area contributed by atoms with Crippen molar-refractivity contribution in [2.24, 2.45) is 0 Å². The third kappa shape index (κ3) is 6.72. The highest BCUT2D eigenvalue weighted by molar-refractivity contribution is 6.39. The topological polar surface area (TPSA) is 94.2 Å². The Bertz CT molecular complexity index is 1950. The van der Waals surface area contributed by atoms with Gasteiger partial charge in [0.15, 0.2) is 11.5 Å². The Hall–Kier alpha value is -5.60. The second-order valence-corrected chi connectivity index (χ2v) is 10.9. The summed E-state index contributed by atoms with van der Waals surface area (Å²) >= 11 is 5.94. The minimum absolute atomic E-state index is 0.200. The molecule has 0 unspecified atom stereocenters. The number of fused-ring (bicyclic) bond motifs is 1. The Kier molecular flexibility index (Phi) is 8.98. The van der Waals surface area contributed by atoms with E-state index in [1.54, 1.807) is 54.6 Å². The van der Waals surface area contributed by atoms with Gasteiger partial charge in [-0.05, 0) is 89.0 Å². The molecule has 1 aliphatic heterocycles. The molecule has 0 bridgehead atoms. The number of urea groups is 1. The fourth-order valence-electron chi connectivity index (χ4n) is 5.07. The molecular formula is C37H29ClN2O6. The van der Waals surface area contributed by atoms with Crippen LogP contribution in [-0.4, -0.2) is 24.5 Å². The van der Waals surface area contributed by atoms with E-state index in [-0.39, 0.29) is 11.3 Å². The maximum atomic E-state index is 13.5. The summed E-state index contributed by atoms with van der Waals surface area (Å²) < 4.78 is 17.8. The van der Waals surface area contributed by atoms with E-state index >= 15 is 0 Å². The van der Waals surface area contributed by atoms with Gasteiger partial charge >= 0.3 is 6.03 Å².